The van der Waals surface area contributed by atoms with Crippen molar-refractivity contribution in [3.63, 3.8) is 0 Å². The van der Waals surface area contributed by atoms with Gasteiger partial charge in [0.05, 0.1) is 17.5 Å². The Morgan fingerprint density at radius 2 is 2.04 bits per heavy atom. The quantitative estimate of drug-likeness (QED) is 0.744. The van der Waals surface area contributed by atoms with Crippen LogP contribution >= 0.6 is 0 Å². The van der Waals surface area contributed by atoms with Crippen molar-refractivity contribution in [3.8, 4) is 0 Å². The van der Waals surface area contributed by atoms with Gasteiger partial charge in [0, 0.05) is 25.9 Å². The molecule has 0 N–H and O–H groups in total. The third-order valence-electron chi connectivity index (χ3n) is 5.62. The number of nitrogens with zero attached hydrogens (tertiary/aromatic N) is 3. The van der Waals surface area contributed by atoms with Crippen LogP contribution in [0.2, 0.25) is 0 Å². The largest absolute Gasteiger partial charge is 0.338 e. The predicted octanol–water partition coefficient (Wildman–Crippen LogP) is 1.55. The van der Waals surface area contributed by atoms with Gasteiger partial charge in [-0.3, -0.25) is 9.59 Å². The number of hydrazone groups is 1. The third-order valence-corrected chi connectivity index (χ3v) is 7.37. The minimum atomic E-state index is -3.13. The Morgan fingerprint density at radius 1 is 1.32 bits per heavy atom. The molecular formula is C20H27N3O4S. The molecule has 1 fully saturated rings. The molecule has 0 aromatic heterocycles. The van der Waals surface area contributed by atoms with Gasteiger partial charge in [-0.1, -0.05) is 24.3 Å². The second-order valence-corrected chi connectivity index (χ2v) is 9.97. The Hall–Kier alpha value is -2.22. The summed E-state index contributed by atoms with van der Waals surface area (Å²) >= 11 is 0. The topological polar surface area (TPSA) is 87.1 Å². The lowest BCUT2D eigenvalue weighted by atomic mass is 10.0. The van der Waals surface area contributed by atoms with E-state index in [0.29, 0.717) is 12.1 Å². The molecular weight excluding hydrogens is 378 g/mol. The lowest BCUT2D eigenvalue weighted by Gasteiger charge is -2.31. The fourth-order valence-corrected chi connectivity index (χ4v) is 5.37. The summed E-state index contributed by atoms with van der Waals surface area (Å²) in [6.45, 7) is 4.04. The summed E-state index contributed by atoms with van der Waals surface area (Å²) in [5.41, 5.74) is 2.70. The Bertz CT molecular complexity index is 910. The fraction of sp³-hybridized carbons (Fsp3) is 0.550. The number of hydrogen-bond donors (Lipinski definition) is 0. The third kappa shape index (κ3) is 4.43. The highest BCUT2D eigenvalue weighted by Crippen LogP contribution is 2.23. The maximum Gasteiger partial charge on any atom is 0.270 e. The number of sulfone groups is 1. The van der Waals surface area contributed by atoms with Crippen molar-refractivity contribution >= 4 is 27.4 Å². The lowest BCUT2D eigenvalue weighted by molar-refractivity contribution is -0.134. The molecule has 2 unspecified atom stereocenters. The van der Waals surface area contributed by atoms with Crippen molar-refractivity contribution in [3.05, 3.63) is 35.4 Å². The van der Waals surface area contributed by atoms with Crippen molar-refractivity contribution in [2.75, 3.05) is 18.6 Å². The first kappa shape index (κ1) is 20.5. The van der Waals surface area contributed by atoms with Gasteiger partial charge in [-0.2, -0.15) is 5.10 Å². The Balaban J connectivity index is 1.72. The van der Waals surface area contributed by atoms with Gasteiger partial charge >= 0.3 is 0 Å². The zero-order chi connectivity index (χ0) is 20.5. The highest BCUT2D eigenvalue weighted by Gasteiger charge is 2.37. The number of carbonyl (C=O) groups is 2. The van der Waals surface area contributed by atoms with Crippen molar-refractivity contribution < 1.29 is 18.0 Å². The number of hydrogen-bond acceptors (Lipinski definition) is 5. The Labute approximate surface area is 166 Å². The second kappa shape index (κ2) is 8.03. The van der Waals surface area contributed by atoms with E-state index in [4.69, 9.17) is 0 Å². The molecule has 1 aromatic rings. The SMILES string of the molecule is Cc1ccccc1CC(C)N(C)C(=O)C1=NN(C2CCS(=O)(=O)C2)C(=O)CC1. The first-order valence-corrected chi connectivity index (χ1v) is 11.4. The van der Waals surface area contributed by atoms with E-state index in [0.717, 1.165) is 6.42 Å². The normalized spacial score (nSPS) is 22.7. The van der Waals surface area contributed by atoms with Crippen LogP contribution in [0, 0.1) is 6.92 Å². The Morgan fingerprint density at radius 3 is 2.68 bits per heavy atom. The molecule has 2 amide bonds. The van der Waals surface area contributed by atoms with E-state index in [1.54, 1.807) is 11.9 Å². The van der Waals surface area contributed by atoms with Crippen LogP contribution in [0.1, 0.15) is 37.3 Å². The van der Waals surface area contributed by atoms with Crippen LogP contribution in [0.4, 0.5) is 0 Å². The van der Waals surface area contributed by atoms with Crippen molar-refractivity contribution in [1.29, 1.82) is 0 Å². The molecule has 3 rings (SSSR count). The monoisotopic (exact) mass is 405 g/mol. The van der Waals surface area contributed by atoms with Gasteiger partial charge in [0.25, 0.3) is 5.91 Å². The molecule has 2 atom stereocenters. The summed E-state index contributed by atoms with van der Waals surface area (Å²) < 4.78 is 23.5. The van der Waals surface area contributed by atoms with Crippen molar-refractivity contribution in [2.45, 2.75) is 51.6 Å². The van der Waals surface area contributed by atoms with E-state index in [1.807, 2.05) is 32.0 Å². The highest BCUT2D eigenvalue weighted by molar-refractivity contribution is 7.91. The molecule has 8 heteroatoms. The molecule has 2 aliphatic rings. The van der Waals surface area contributed by atoms with Crippen molar-refractivity contribution in [1.82, 2.24) is 9.91 Å². The van der Waals surface area contributed by atoms with Crippen molar-refractivity contribution in [2.24, 2.45) is 5.10 Å². The van der Waals surface area contributed by atoms with E-state index >= 15 is 0 Å². The average Bonchev–Trinajstić information content (AvgIpc) is 3.02. The molecule has 2 aliphatic heterocycles. The number of aryl methyl sites for hydroxylation is 1. The van der Waals surface area contributed by atoms with E-state index < -0.39 is 15.9 Å². The summed E-state index contributed by atoms with van der Waals surface area (Å²) in [5, 5.41) is 5.52. The van der Waals surface area contributed by atoms with Gasteiger partial charge in [0.2, 0.25) is 5.91 Å². The van der Waals surface area contributed by atoms with Crippen LogP contribution in [-0.2, 0) is 25.8 Å². The minimum Gasteiger partial charge on any atom is -0.338 e. The number of carbonyl (C=O) groups excluding carboxylic acids is 2. The molecule has 0 spiro atoms. The summed E-state index contributed by atoms with van der Waals surface area (Å²) in [6, 6.07) is 7.59. The molecule has 2 heterocycles. The number of benzene rings is 1. The molecule has 152 valence electrons. The van der Waals surface area contributed by atoms with Crippen LogP contribution in [0.3, 0.4) is 0 Å². The molecule has 28 heavy (non-hydrogen) atoms. The van der Waals surface area contributed by atoms with Gasteiger partial charge in [-0.15, -0.1) is 0 Å². The molecule has 7 nitrogen and oxygen atoms in total. The van der Waals surface area contributed by atoms with Crippen LogP contribution in [0.25, 0.3) is 0 Å². The molecule has 0 aliphatic carbocycles. The average molecular weight is 406 g/mol. The zero-order valence-electron chi connectivity index (χ0n) is 16.6. The number of amides is 2. The van der Waals surface area contributed by atoms with Gasteiger partial charge < -0.3 is 4.90 Å². The second-order valence-electron chi connectivity index (χ2n) is 7.74. The highest BCUT2D eigenvalue weighted by atomic mass is 32.2. The zero-order valence-corrected chi connectivity index (χ0v) is 17.4. The summed E-state index contributed by atoms with van der Waals surface area (Å²) in [4.78, 5) is 26.8. The van der Waals surface area contributed by atoms with Crippen LogP contribution < -0.4 is 0 Å². The number of rotatable bonds is 5. The fourth-order valence-electron chi connectivity index (χ4n) is 3.68. The summed E-state index contributed by atoms with van der Waals surface area (Å²) in [7, 11) is -1.39. The smallest absolute Gasteiger partial charge is 0.270 e. The first-order valence-electron chi connectivity index (χ1n) is 9.59. The van der Waals surface area contributed by atoms with Gasteiger partial charge in [-0.05, 0) is 37.8 Å². The van der Waals surface area contributed by atoms with E-state index in [2.05, 4.69) is 11.2 Å². The maximum atomic E-state index is 12.9. The summed E-state index contributed by atoms with van der Waals surface area (Å²) in [6.07, 6.45) is 1.57. The van der Waals surface area contributed by atoms with E-state index in [9.17, 15) is 18.0 Å². The standard InChI is InChI=1S/C20H27N3O4S/c1-14-6-4-5-7-16(14)12-15(2)22(3)20(25)18-8-9-19(24)23(21-18)17-10-11-28(26,27)13-17/h4-7,15,17H,8-13H2,1-3H3. The van der Waals surface area contributed by atoms with E-state index in [1.165, 1.54) is 16.1 Å². The molecule has 0 bridgehead atoms. The van der Waals surface area contributed by atoms with Gasteiger partial charge in [0.1, 0.15) is 5.71 Å². The van der Waals surface area contributed by atoms with Gasteiger partial charge in [-0.25, -0.2) is 13.4 Å². The molecule has 0 saturated carbocycles. The molecule has 0 radical (unpaired) electrons. The molecule has 1 aromatic carbocycles. The lowest BCUT2D eigenvalue weighted by Crippen LogP contribution is -2.46. The minimum absolute atomic E-state index is 0.0331. The van der Waals surface area contributed by atoms with Gasteiger partial charge in [0.15, 0.2) is 9.84 Å². The Kier molecular flexibility index (Phi) is 5.88. The first-order chi connectivity index (χ1) is 13.2. The summed E-state index contributed by atoms with van der Waals surface area (Å²) in [5.74, 6) is -0.440. The van der Waals surface area contributed by atoms with Crippen LogP contribution in [0.15, 0.2) is 29.4 Å². The van der Waals surface area contributed by atoms with Crippen LogP contribution in [-0.4, -0.2) is 66.5 Å². The maximum absolute atomic E-state index is 12.9. The predicted molar refractivity (Wildman–Crippen MR) is 108 cm³/mol. The van der Waals surface area contributed by atoms with Crippen LogP contribution in [0.5, 0.6) is 0 Å². The van der Waals surface area contributed by atoms with E-state index in [-0.39, 0.29) is 42.2 Å². The number of likely N-dealkylation sites (N-methyl/N-ethyl adjacent to an activating group) is 1. The molecule has 1 saturated heterocycles.